The van der Waals surface area contributed by atoms with Gasteiger partial charge in [-0.1, -0.05) is 60.7 Å². The van der Waals surface area contributed by atoms with Crippen LogP contribution >= 0.6 is 7.92 Å². The molecule has 0 N–H and O–H groups in total. The molecule has 4 aromatic rings. The zero-order valence-corrected chi connectivity index (χ0v) is 18.7. The molecule has 0 aliphatic carbocycles. The van der Waals surface area contributed by atoms with Gasteiger partial charge in [-0.15, -0.1) is 6.07 Å². The predicted octanol–water partition coefficient (Wildman–Crippen LogP) is 4.57. The van der Waals surface area contributed by atoms with Crippen LogP contribution in [-0.2, 0) is 22.4 Å². The van der Waals surface area contributed by atoms with E-state index in [1.54, 1.807) is 12.1 Å². The first-order valence-electron chi connectivity index (χ1n) is 8.89. The zero-order chi connectivity index (χ0) is 19.6. The SMILES string of the molecule is O=[N+]([O-])c1c[c-]ccc1.[Au+].c1ccc([PH+](c2ccccc2)c2ccccc2)cc1. The maximum absolute atomic E-state index is 9.99. The van der Waals surface area contributed by atoms with Crippen LogP contribution in [0.3, 0.4) is 0 Å². The summed E-state index contributed by atoms with van der Waals surface area (Å²) in [5.74, 6) is 0. The van der Waals surface area contributed by atoms with E-state index in [-0.39, 0.29) is 28.1 Å². The third kappa shape index (κ3) is 6.78. The van der Waals surface area contributed by atoms with Crippen LogP contribution in [0.2, 0.25) is 0 Å². The molecular formula is C24H20AuNO2P+. The molecular weight excluding hydrogens is 562 g/mol. The smallest absolute Gasteiger partial charge is 0.270 e. The molecule has 0 unspecified atom stereocenters. The molecule has 0 aliphatic rings. The predicted molar refractivity (Wildman–Crippen MR) is 118 cm³/mol. The van der Waals surface area contributed by atoms with Gasteiger partial charge in [0, 0.05) is 4.92 Å². The molecule has 0 spiro atoms. The molecule has 0 amide bonds. The number of nitro groups is 1. The van der Waals surface area contributed by atoms with Gasteiger partial charge in [0.2, 0.25) is 0 Å². The molecule has 0 saturated heterocycles. The van der Waals surface area contributed by atoms with Crippen molar-refractivity contribution in [1.29, 1.82) is 0 Å². The van der Waals surface area contributed by atoms with Crippen LogP contribution in [0.5, 0.6) is 0 Å². The summed E-state index contributed by atoms with van der Waals surface area (Å²) in [6.45, 7) is 0. The Morgan fingerprint density at radius 1 is 0.655 bits per heavy atom. The Bertz CT molecular complexity index is 890. The van der Waals surface area contributed by atoms with Gasteiger partial charge in [-0.3, -0.25) is 10.1 Å². The molecule has 0 aliphatic heterocycles. The van der Waals surface area contributed by atoms with Crippen LogP contribution in [0.1, 0.15) is 0 Å². The van der Waals surface area contributed by atoms with Crippen molar-refractivity contribution in [3.05, 3.63) is 131 Å². The molecule has 0 aromatic heterocycles. The molecule has 0 radical (unpaired) electrons. The molecule has 4 aromatic carbocycles. The van der Waals surface area contributed by atoms with Gasteiger partial charge in [0.25, 0.3) is 0 Å². The van der Waals surface area contributed by atoms with Gasteiger partial charge in [-0.05, 0) is 36.4 Å². The van der Waals surface area contributed by atoms with Crippen molar-refractivity contribution in [2.24, 2.45) is 0 Å². The van der Waals surface area contributed by atoms with Crippen molar-refractivity contribution in [1.82, 2.24) is 0 Å². The van der Waals surface area contributed by atoms with Crippen molar-refractivity contribution in [2.75, 3.05) is 0 Å². The Kier molecular flexibility index (Phi) is 9.49. The van der Waals surface area contributed by atoms with E-state index < -0.39 is 12.8 Å². The molecule has 148 valence electrons. The summed E-state index contributed by atoms with van der Waals surface area (Å²) in [5.41, 5.74) is 0.0810. The van der Waals surface area contributed by atoms with Crippen molar-refractivity contribution < 1.29 is 27.3 Å². The standard InChI is InChI=1S/C18H15P.C6H4NO2.Au/c1-4-10-16(11-5-1)19(17-12-6-2-7-13-17)18-14-8-3-9-15-18;8-7(9)6-4-2-1-3-5-6;/h1-15H;1-2,4-5H;/q;-1;+1/p+1. The first kappa shape index (κ1) is 22.7. The maximum atomic E-state index is 9.99. The summed E-state index contributed by atoms with van der Waals surface area (Å²) in [4.78, 5) is 9.54. The first-order chi connectivity index (χ1) is 13.8. The van der Waals surface area contributed by atoms with E-state index in [9.17, 15) is 10.1 Å². The Morgan fingerprint density at radius 3 is 1.34 bits per heavy atom. The van der Waals surface area contributed by atoms with Gasteiger partial charge in [0.05, 0.1) is 7.92 Å². The van der Waals surface area contributed by atoms with Crippen LogP contribution in [0, 0.1) is 16.2 Å². The summed E-state index contributed by atoms with van der Waals surface area (Å²) in [6, 6.07) is 41.1. The van der Waals surface area contributed by atoms with Crippen molar-refractivity contribution in [3.63, 3.8) is 0 Å². The second-order valence-electron chi connectivity index (χ2n) is 5.99. The third-order valence-electron chi connectivity index (χ3n) is 4.09. The second-order valence-corrected chi connectivity index (χ2v) is 8.47. The average Bonchev–Trinajstić information content (AvgIpc) is 2.77. The Balaban J connectivity index is 0.000000255. The Labute approximate surface area is 187 Å². The number of hydrogen-bond acceptors (Lipinski definition) is 2. The first-order valence-corrected chi connectivity index (χ1v) is 10.4. The number of non-ortho nitro benzene ring substituents is 1. The third-order valence-corrected chi connectivity index (χ3v) is 6.82. The summed E-state index contributed by atoms with van der Waals surface area (Å²) in [6.07, 6.45) is 0. The summed E-state index contributed by atoms with van der Waals surface area (Å²) in [5, 5.41) is 14.3. The Morgan fingerprint density at radius 2 is 1.07 bits per heavy atom. The van der Waals surface area contributed by atoms with Gasteiger partial charge in [0.15, 0.2) is 5.69 Å². The van der Waals surface area contributed by atoms with Gasteiger partial charge in [0.1, 0.15) is 15.9 Å². The number of benzene rings is 4. The summed E-state index contributed by atoms with van der Waals surface area (Å²) < 4.78 is 0. The van der Waals surface area contributed by atoms with Gasteiger partial charge in [-0.25, -0.2) is 0 Å². The number of rotatable bonds is 4. The molecule has 0 heterocycles. The molecule has 29 heavy (non-hydrogen) atoms. The summed E-state index contributed by atoms with van der Waals surface area (Å²) >= 11 is 0. The normalized spacial score (nSPS) is 9.69. The number of nitro benzene ring substituents is 1. The van der Waals surface area contributed by atoms with Crippen LogP contribution in [-0.4, -0.2) is 4.92 Å². The molecule has 0 saturated carbocycles. The minimum absolute atomic E-state index is 0. The van der Waals surface area contributed by atoms with Gasteiger partial charge in [-0.2, -0.15) is 18.2 Å². The fourth-order valence-corrected chi connectivity index (χ4v) is 5.39. The second kappa shape index (κ2) is 12.1. The van der Waals surface area contributed by atoms with Gasteiger partial charge < -0.3 is 0 Å². The van der Waals surface area contributed by atoms with E-state index in [0.717, 1.165) is 0 Å². The molecule has 3 nitrogen and oxygen atoms in total. The number of hydrogen-bond donors (Lipinski definition) is 0. The summed E-state index contributed by atoms with van der Waals surface area (Å²) in [7, 11) is -0.877. The largest absolute Gasteiger partial charge is 1.00 e. The van der Waals surface area contributed by atoms with Crippen LogP contribution < -0.4 is 15.9 Å². The molecule has 4 rings (SSSR count). The van der Waals surface area contributed by atoms with Crippen molar-refractivity contribution in [2.45, 2.75) is 0 Å². The maximum Gasteiger partial charge on any atom is 1.00 e. The molecule has 0 bridgehead atoms. The quantitative estimate of drug-likeness (QED) is 0.116. The van der Waals surface area contributed by atoms with E-state index in [1.165, 1.54) is 28.0 Å². The molecule has 0 atom stereocenters. The van der Waals surface area contributed by atoms with Crippen LogP contribution in [0.25, 0.3) is 0 Å². The van der Waals surface area contributed by atoms with Crippen LogP contribution in [0.15, 0.2) is 115 Å². The van der Waals surface area contributed by atoms with E-state index in [1.807, 2.05) is 0 Å². The zero-order valence-electron chi connectivity index (χ0n) is 15.5. The minimum Gasteiger partial charge on any atom is -0.270 e. The number of nitrogens with zero attached hydrogens (tertiary/aromatic N) is 1. The van der Waals surface area contributed by atoms with E-state index in [2.05, 4.69) is 97.1 Å². The van der Waals surface area contributed by atoms with Crippen molar-refractivity contribution in [3.8, 4) is 0 Å². The van der Waals surface area contributed by atoms with Crippen molar-refractivity contribution >= 4 is 29.5 Å². The van der Waals surface area contributed by atoms with Crippen LogP contribution in [0.4, 0.5) is 5.69 Å². The van der Waals surface area contributed by atoms with E-state index in [0.29, 0.717) is 0 Å². The average molecular weight is 582 g/mol. The molecule has 5 heteroatoms. The van der Waals surface area contributed by atoms with Gasteiger partial charge >= 0.3 is 22.4 Å². The topological polar surface area (TPSA) is 43.1 Å². The molecule has 0 fully saturated rings. The van der Waals surface area contributed by atoms with E-state index in [4.69, 9.17) is 0 Å². The fraction of sp³-hybridized carbons (Fsp3) is 0. The minimum atomic E-state index is -0.877. The Hall–Kier alpha value is -2.55. The fourth-order valence-electron chi connectivity index (χ4n) is 2.81. The van der Waals surface area contributed by atoms with E-state index >= 15 is 0 Å². The monoisotopic (exact) mass is 582 g/mol.